The van der Waals surface area contributed by atoms with Crippen molar-refractivity contribution in [2.45, 2.75) is 38.6 Å². The first-order chi connectivity index (χ1) is 8.59. The lowest BCUT2D eigenvalue weighted by molar-refractivity contribution is 0.0694. The van der Waals surface area contributed by atoms with E-state index >= 15 is 0 Å². The maximum Gasteiger partial charge on any atom is 0.342 e. The molecule has 1 aliphatic carbocycles. The number of rotatable bonds is 3. The summed E-state index contributed by atoms with van der Waals surface area (Å²) in [7, 11) is 0. The van der Waals surface area contributed by atoms with Crippen LogP contribution in [0, 0.1) is 5.92 Å². The zero-order valence-corrected chi connectivity index (χ0v) is 10.8. The second-order valence-electron chi connectivity index (χ2n) is 4.81. The van der Waals surface area contributed by atoms with Gasteiger partial charge in [0.15, 0.2) is 0 Å². The van der Waals surface area contributed by atoms with Crippen LogP contribution in [0.25, 0.3) is 0 Å². The highest BCUT2D eigenvalue weighted by Crippen LogP contribution is 2.24. The summed E-state index contributed by atoms with van der Waals surface area (Å²) in [6.45, 7) is 0.594. The molecular weight excluding hydrogens is 254 g/mol. The average molecular weight is 270 g/mol. The number of halogens is 1. The fourth-order valence-corrected chi connectivity index (χ4v) is 2.76. The van der Waals surface area contributed by atoms with Crippen LogP contribution in [0.5, 0.6) is 0 Å². The molecule has 0 atom stereocenters. The number of hydrogen-bond donors (Lipinski definition) is 1. The van der Waals surface area contributed by atoms with Crippen molar-refractivity contribution in [3.8, 4) is 0 Å². The van der Waals surface area contributed by atoms with E-state index in [1.165, 1.54) is 29.9 Å². The number of carboxylic acid groups (broad SMARTS) is 1. The Morgan fingerprint density at radius 3 is 2.67 bits per heavy atom. The van der Waals surface area contributed by atoms with E-state index < -0.39 is 11.5 Å². The number of aromatic nitrogens is 1. The molecule has 1 aliphatic rings. The van der Waals surface area contributed by atoms with E-state index in [0.29, 0.717) is 12.5 Å². The first-order valence-electron chi connectivity index (χ1n) is 6.22. The van der Waals surface area contributed by atoms with E-state index in [4.69, 9.17) is 16.7 Å². The van der Waals surface area contributed by atoms with Crippen LogP contribution in [0.15, 0.2) is 17.1 Å². The molecule has 0 aromatic carbocycles. The van der Waals surface area contributed by atoms with Crippen LogP contribution in [-0.2, 0) is 6.54 Å². The van der Waals surface area contributed by atoms with Gasteiger partial charge in [0.25, 0.3) is 5.56 Å². The molecule has 5 heteroatoms. The van der Waals surface area contributed by atoms with Crippen molar-refractivity contribution < 1.29 is 9.90 Å². The molecule has 1 aromatic rings. The standard InChI is InChI=1S/C13H16ClNO3/c14-10-6-7-15(12(16)11(10)13(17)18)8-9-4-2-1-3-5-9/h6-7,9H,1-5,8H2,(H,17,18). The Morgan fingerprint density at radius 2 is 2.06 bits per heavy atom. The third-order valence-electron chi connectivity index (χ3n) is 3.51. The molecule has 4 nitrogen and oxygen atoms in total. The number of hydrogen-bond acceptors (Lipinski definition) is 2. The summed E-state index contributed by atoms with van der Waals surface area (Å²) in [4.78, 5) is 23.0. The minimum absolute atomic E-state index is 0.00685. The molecule has 0 unspecified atom stereocenters. The zero-order chi connectivity index (χ0) is 13.1. The van der Waals surface area contributed by atoms with Gasteiger partial charge < -0.3 is 9.67 Å². The van der Waals surface area contributed by atoms with E-state index in [-0.39, 0.29) is 10.6 Å². The Kier molecular flexibility index (Phi) is 4.07. The second-order valence-corrected chi connectivity index (χ2v) is 5.21. The molecule has 0 amide bonds. The number of pyridine rings is 1. The van der Waals surface area contributed by atoms with E-state index in [1.54, 1.807) is 6.20 Å². The lowest BCUT2D eigenvalue weighted by Gasteiger charge is -2.22. The van der Waals surface area contributed by atoms with Gasteiger partial charge in [0.2, 0.25) is 0 Å². The Hall–Kier alpha value is -1.29. The second kappa shape index (κ2) is 5.57. The van der Waals surface area contributed by atoms with Crippen LogP contribution in [-0.4, -0.2) is 15.6 Å². The summed E-state index contributed by atoms with van der Waals surface area (Å²) in [6, 6.07) is 1.48. The molecule has 18 heavy (non-hydrogen) atoms. The highest BCUT2D eigenvalue weighted by atomic mass is 35.5. The first-order valence-corrected chi connectivity index (χ1v) is 6.59. The van der Waals surface area contributed by atoms with Crippen molar-refractivity contribution in [1.29, 1.82) is 0 Å². The Labute approximate surface area is 110 Å². The summed E-state index contributed by atoms with van der Waals surface area (Å²) in [5.41, 5.74) is -0.824. The molecule has 0 saturated heterocycles. The van der Waals surface area contributed by atoms with Gasteiger partial charge in [-0.2, -0.15) is 0 Å². The fraction of sp³-hybridized carbons (Fsp3) is 0.538. The maximum atomic E-state index is 12.0. The van der Waals surface area contributed by atoms with Crippen molar-refractivity contribution >= 4 is 17.6 Å². The molecule has 1 saturated carbocycles. The normalized spacial score (nSPS) is 16.7. The highest BCUT2D eigenvalue weighted by Gasteiger charge is 2.19. The van der Waals surface area contributed by atoms with E-state index in [1.807, 2.05) is 0 Å². The van der Waals surface area contributed by atoms with Crippen LogP contribution in [0.4, 0.5) is 0 Å². The smallest absolute Gasteiger partial charge is 0.342 e. The first kappa shape index (κ1) is 13.1. The largest absolute Gasteiger partial charge is 0.477 e. The van der Waals surface area contributed by atoms with Crippen LogP contribution in [0.3, 0.4) is 0 Å². The Morgan fingerprint density at radius 1 is 1.39 bits per heavy atom. The van der Waals surface area contributed by atoms with Crippen LogP contribution in [0.1, 0.15) is 42.5 Å². The van der Waals surface area contributed by atoms with Gasteiger partial charge in [-0.3, -0.25) is 4.79 Å². The molecule has 0 aliphatic heterocycles. The lowest BCUT2D eigenvalue weighted by atomic mass is 9.89. The number of aromatic carboxylic acids is 1. The van der Waals surface area contributed by atoms with Crippen molar-refractivity contribution in [2.24, 2.45) is 5.92 Å². The minimum atomic E-state index is -1.26. The lowest BCUT2D eigenvalue weighted by Crippen LogP contribution is -2.29. The molecule has 98 valence electrons. The van der Waals surface area contributed by atoms with Gasteiger partial charge in [-0.15, -0.1) is 0 Å². The Bertz CT molecular complexity index is 503. The molecule has 0 radical (unpaired) electrons. The predicted molar refractivity (Wildman–Crippen MR) is 69.2 cm³/mol. The monoisotopic (exact) mass is 269 g/mol. The van der Waals surface area contributed by atoms with Crippen molar-refractivity contribution in [2.75, 3.05) is 0 Å². The summed E-state index contributed by atoms with van der Waals surface area (Å²) in [5, 5.41) is 8.99. The zero-order valence-electron chi connectivity index (χ0n) is 10.1. The van der Waals surface area contributed by atoms with E-state index in [9.17, 15) is 9.59 Å². The van der Waals surface area contributed by atoms with Crippen molar-refractivity contribution in [3.05, 3.63) is 33.2 Å². The predicted octanol–water partition coefficient (Wildman–Crippen LogP) is 2.78. The van der Waals surface area contributed by atoms with Gasteiger partial charge in [-0.05, 0) is 24.8 Å². The van der Waals surface area contributed by atoms with Crippen LogP contribution in [0.2, 0.25) is 5.02 Å². The van der Waals surface area contributed by atoms with Gasteiger partial charge >= 0.3 is 5.97 Å². The molecule has 1 fully saturated rings. The van der Waals surface area contributed by atoms with Gasteiger partial charge in [-0.1, -0.05) is 30.9 Å². The minimum Gasteiger partial charge on any atom is -0.477 e. The molecule has 2 rings (SSSR count). The number of carbonyl (C=O) groups is 1. The number of carboxylic acids is 1. The van der Waals surface area contributed by atoms with Gasteiger partial charge in [0.1, 0.15) is 5.56 Å². The topological polar surface area (TPSA) is 59.3 Å². The SMILES string of the molecule is O=C(O)c1c(Cl)ccn(CC2CCCCC2)c1=O. The third kappa shape index (κ3) is 2.75. The summed E-state index contributed by atoms with van der Waals surface area (Å²) >= 11 is 5.75. The maximum absolute atomic E-state index is 12.0. The van der Waals surface area contributed by atoms with Crippen molar-refractivity contribution in [3.63, 3.8) is 0 Å². The quantitative estimate of drug-likeness (QED) is 0.918. The molecule has 1 heterocycles. The van der Waals surface area contributed by atoms with E-state index in [2.05, 4.69) is 0 Å². The van der Waals surface area contributed by atoms with Crippen molar-refractivity contribution in [1.82, 2.24) is 4.57 Å². The third-order valence-corrected chi connectivity index (χ3v) is 3.82. The fourth-order valence-electron chi connectivity index (χ4n) is 2.54. The Balaban J connectivity index is 2.26. The van der Waals surface area contributed by atoms with Crippen LogP contribution >= 0.6 is 11.6 Å². The summed E-state index contributed by atoms with van der Waals surface area (Å²) in [6.07, 6.45) is 7.45. The number of nitrogens with zero attached hydrogens (tertiary/aromatic N) is 1. The summed E-state index contributed by atoms with van der Waals surface area (Å²) < 4.78 is 1.48. The van der Waals surface area contributed by atoms with Gasteiger partial charge in [-0.25, -0.2) is 4.79 Å². The average Bonchev–Trinajstić information content (AvgIpc) is 2.34. The molecule has 0 spiro atoms. The van der Waals surface area contributed by atoms with E-state index in [0.717, 1.165) is 12.8 Å². The highest BCUT2D eigenvalue weighted by molar-refractivity contribution is 6.33. The van der Waals surface area contributed by atoms with Crippen LogP contribution < -0.4 is 5.56 Å². The van der Waals surface area contributed by atoms with Gasteiger partial charge in [0, 0.05) is 12.7 Å². The summed E-state index contributed by atoms with van der Waals surface area (Å²) in [5.74, 6) is -0.790. The molecular formula is C13H16ClNO3. The molecule has 1 aromatic heterocycles. The molecule has 1 N–H and O–H groups in total. The molecule has 0 bridgehead atoms. The van der Waals surface area contributed by atoms with Gasteiger partial charge in [0.05, 0.1) is 5.02 Å².